The minimum atomic E-state index is -5.73. The van der Waals surface area contributed by atoms with E-state index in [1.165, 1.54) is 13.0 Å². The van der Waals surface area contributed by atoms with Crippen molar-refractivity contribution in [2.45, 2.75) is 29.9 Å². The number of nitro benzene ring substituents is 1. The molecule has 1 atom stereocenters. The van der Waals surface area contributed by atoms with E-state index in [1.807, 2.05) is 0 Å². The summed E-state index contributed by atoms with van der Waals surface area (Å²) in [6.45, 7) is 2.73. The molecule has 1 aromatic heterocycles. The maximum absolute atomic E-state index is 12.6. The summed E-state index contributed by atoms with van der Waals surface area (Å²) in [5.74, 6) is 0.699. The third kappa shape index (κ3) is 4.22. The maximum atomic E-state index is 12.6. The van der Waals surface area contributed by atoms with Gasteiger partial charge in [0, 0.05) is 6.07 Å². The number of nitro groups is 1. The molecule has 27 heavy (non-hydrogen) atoms. The van der Waals surface area contributed by atoms with Gasteiger partial charge in [-0.25, -0.2) is 8.42 Å². The summed E-state index contributed by atoms with van der Waals surface area (Å²) in [6, 6.07) is 4.86. The summed E-state index contributed by atoms with van der Waals surface area (Å²) in [5, 5.41) is 24.1. The highest BCUT2D eigenvalue weighted by Gasteiger charge is 2.47. The number of alkyl halides is 3. The minimum Gasteiger partial charge on any atom is -0.463 e. The number of hydrogen-bond donors (Lipinski definition) is 2. The van der Waals surface area contributed by atoms with E-state index in [1.54, 1.807) is 13.0 Å². The van der Waals surface area contributed by atoms with Gasteiger partial charge >= 0.3 is 5.51 Å². The summed E-state index contributed by atoms with van der Waals surface area (Å²) in [6.07, 6.45) is 0. The van der Waals surface area contributed by atoms with E-state index in [4.69, 9.17) is 4.42 Å². The Morgan fingerprint density at radius 1 is 1.26 bits per heavy atom. The largest absolute Gasteiger partial charge is 0.501 e. The van der Waals surface area contributed by atoms with Gasteiger partial charge in [0.15, 0.2) is 0 Å². The molecule has 1 unspecified atom stereocenters. The molecule has 12 heteroatoms. The van der Waals surface area contributed by atoms with Crippen molar-refractivity contribution in [3.63, 3.8) is 0 Å². The Morgan fingerprint density at radius 3 is 2.37 bits per heavy atom. The fourth-order valence-corrected chi connectivity index (χ4v) is 2.97. The van der Waals surface area contributed by atoms with Crippen LogP contribution in [-0.4, -0.2) is 30.5 Å². The first kappa shape index (κ1) is 20.7. The molecule has 2 N–H and O–H groups in total. The first-order valence-electron chi connectivity index (χ1n) is 7.38. The van der Waals surface area contributed by atoms with Crippen LogP contribution in [-0.2, 0) is 15.4 Å². The molecule has 0 spiro atoms. The number of aryl methyl sites for hydroxylation is 1. The third-order valence-electron chi connectivity index (χ3n) is 3.68. The van der Waals surface area contributed by atoms with Gasteiger partial charge in [0.1, 0.15) is 22.8 Å². The fourth-order valence-electron chi connectivity index (χ4n) is 2.19. The van der Waals surface area contributed by atoms with E-state index in [2.05, 4.69) is 5.32 Å². The lowest BCUT2D eigenvalue weighted by Crippen LogP contribution is -2.30. The summed E-state index contributed by atoms with van der Waals surface area (Å²) in [5.41, 5.74) is -8.31. The molecule has 2 aromatic rings. The number of anilines is 1. The third-order valence-corrected chi connectivity index (χ3v) is 5.16. The van der Waals surface area contributed by atoms with Crippen molar-refractivity contribution in [1.29, 1.82) is 0 Å². The quantitative estimate of drug-likeness (QED) is 0.556. The SMILES string of the molecule is Cc1ccc(C(C)(O)CNc2ccc(S(=O)(=O)C(F)(F)F)cc2[N+](=O)[O-])o1. The van der Waals surface area contributed by atoms with E-state index in [0.717, 1.165) is 6.07 Å². The van der Waals surface area contributed by atoms with E-state index in [9.17, 15) is 36.8 Å². The van der Waals surface area contributed by atoms with Gasteiger partial charge in [-0.05, 0) is 38.1 Å². The zero-order chi connectivity index (χ0) is 20.6. The van der Waals surface area contributed by atoms with Crippen LogP contribution in [0.5, 0.6) is 0 Å². The van der Waals surface area contributed by atoms with Gasteiger partial charge in [-0.2, -0.15) is 13.2 Å². The van der Waals surface area contributed by atoms with E-state index < -0.39 is 36.5 Å². The van der Waals surface area contributed by atoms with E-state index in [0.29, 0.717) is 17.9 Å². The lowest BCUT2D eigenvalue weighted by atomic mass is 10.0. The van der Waals surface area contributed by atoms with Crippen LogP contribution in [0.15, 0.2) is 39.6 Å². The molecule has 0 fully saturated rings. The molecule has 0 aliphatic heterocycles. The van der Waals surface area contributed by atoms with Crippen LogP contribution >= 0.6 is 0 Å². The van der Waals surface area contributed by atoms with Crippen LogP contribution in [0.2, 0.25) is 0 Å². The lowest BCUT2D eigenvalue weighted by Gasteiger charge is -2.22. The van der Waals surface area contributed by atoms with Crippen molar-refractivity contribution in [3.05, 3.63) is 52.0 Å². The number of halogens is 3. The second-order valence-electron chi connectivity index (χ2n) is 5.92. The Labute approximate surface area is 151 Å². The molecule has 0 bridgehead atoms. The van der Waals surface area contributed by atoms with Gasteiger partial charge in [-0.15, -0.1) is 0 Å². The average molecular weight is 408 g/mol. The molecule has 8 nitrogen and oxygen atoms in total. The summed E-state index contributed by atoms with van der Waals surface area (Å²) in [4.78, 5) is 8.88. The highest BCUT2D eigenvalue weighted by atomic mass is 32.2. The van der Waals surface area contributed by atoms with Crippen LogP contribution < -0.4 is 5.32 Å². The van der Waals surface area contributed by atoms with Crippen molar-refractivity contribution in [1.82, 2.24) is 0 Å². The number of sulfone groups is 1. The molecule has 0 saturated heterocycles. The number of furan rings is 1. The van der Waals surface area contributed by atoms with Crippen LogP contribution in [0, 0.1) is 17.0 Å². The number of benzene rings is 1. The predicted molar refractivity (Wildman–Crippen MR) is 87.8 cm³/mol. The molecule has 148 valence electrons. The number of hydrogen-bond acceptors (Lipinski definition) is 7. The Kier molecular flexibility index (Phi) is 5.25. The summed E-state index contributed by atoms with van der Waals surface area (Å²) < 4.78 is 66.0. The molecule has 0 saturated carbocycles. The Morgan fingerprint density at radius 2 is 1.89 bits per heavy atom. The monoisotopic (exact) mass is 408 g/mol. The Balaban J connectivity index is 2.34. The van der Waals surface area contributed by atoms with Gasteiger partial charge in [-0.3, -0.25) is 10.1 Å². The van der Waals surface area contributed by atoms with Crippen molar-refractivity contribution in [2.24, 2.45) is 0 Å². The van der Waals surface area contributed by atoms with Crippen LogP contribution in [0.1, 0.15) is 18.4 Å². The first-order valence-corrected chi connectivity index (χ1v) is 8.87. The lowest BCUT2D eigenvalue weighted by molar-refractivity contribution is -0.384. The topological polar surface area (TPSA) is 123 Å². The molecule has 1 heterocycles. The highest BCUT2D eigenvalue weighted by Crippen LogP contribution is 2.35. The average Bonchev–Trinajstić information content (AvgIpc) is 2.99. The summed E-state index contributed by atoms with van der Waals surface area (Å²) >= 11 is 0. The molecule has 0 radical (unpaired) electrons. The van der Waals surface area contributed by atoms with Gasteiger partial charge in [0.05, 0.1) is 16.4 Å². The first-order chi connectivity index (χ1) is 12.3. The van der Waals surface area contributed by atoms with Gasteiger partial charge < -0.3 is 14.8 Å². The van der Waals surface area contributed by atoms with Gasteiger partial charge in [0.2, 0.25) is 0 Å². The van der Waals surface area contributed by atoms with E-state index in [-0.39, 0.29) is 18.0 Å². The minimum absolute atomic E-state index is 0.173. The van der Waals surface area contributed by atoms with Gasteiger partial charge in [0.25, 0.3) is 15.5 Å². The number of aliphatic hydroxyl groups is 1. The van der Waals surface area contributed by atoms with E-state index >= 15 is 0 Å². The van der Waals surface area contributed by atoms with Crippen molar-refractivity contribution < 1.29 is 36.0 Å². The van der Waals surface area contributed by atoms with Crippen LogP contribution in [0.25, 0.3) is 0 Å². The Bertz CT molecular complexity index is 966. The molecule has 1 aromatic carbocycles. The molecule has 0 amide bonds. The zero-order valence-electron chi connectivity index (χ0n) is 14.1. The number of rotatable bonds is 6. The predicted octanol–water partition coefficient (Wildman–Crippen LogP) is 3.11. The highest BCUT2D eigenvalue weighted by molar-refractivity contribution is 7.92. The normalized spacial score (nSPS) is 14.6. The van der Waals surface area contributed by atoms with Crippen LogP contribution in [0.3, 0.4) is 0 Å². The fraction of sp³-hybridized carbons (Fsp3) is 0.333. The second-order valence-corrected chi connectivity index (χ2v) is 7.86. The Hall–Kier alpha value is -2.60. The standard InChI is InChI=1S/C15H15F3N2O6S/c1-9-3-6-13(26-9)14(2,21)8-19-11-5-4-10(7-12(11)20(22)23)27(24,25)15(16,17)18/h3-7,19,21H,8H2,1-2H3. The number of nitrogens with one attached hydrogen (secondary N) is 1. The second kappa shape index (κ2) is 6.85. The van der Waals surface area contributed by atoms with Crippen molar-refractivity contribution in [2.75, 3.05) is 11.9 Å². The molecule has 2 rings (SSSR count). The maximum Gasteiger partial charge on any atom is 0.501 e. The van der Waals surface area contributed by atoms with Crippen molar-refractivity contribution in [3.8, 4) is 0 Å². The smallest absolute Gasteiger partial charge is 0.463 e. The molecular formula is C15H15F3N2O6S. The zero-order valence-corrected chi connectivity index (χ0v) is 14.9. The molecular weight excluding hydrogens is 393 g/mol. The van der Waals surface area contributed by atoms with Crippen molar-refractivity contribution >= 4 is 21.2 Å². The number of nitrogens with zero attached hydrogens (tertiary/aromatic N) is 1. The summed E-state index contributed by atoms with van der Waals surface area (Å²) in [7, 11) is -5.73. The van der Waals surface area contributed by atoms with Gasteiger partial charge in [-0.1, -0.05) is 0 Å². The molecule has 0 aliphatic carbocycles. The van der Waals surface area contributed by atoms with Crippen LogP contribution in [0.4, 0.5) is 24.5 Å². The molecule has 0 aliphatic rings.